The van der Waals surface area contributed by atoms with Gasteiger partial charge < -0.3 is 4.74 Å². The van der Waals surface area contributed by atoms with E-state index in [0.717, 1.165) is 0 Å². The molecule has 90 valence electrons. The zero-order chi connectivity index (χ0) is 13.1. The van der Waals surface area contributed by atoms with Gasteiger partial charge in [0.25, 0.3) is 5.78 Å². The van der Waals surface area contributed by atoms with Crippen LogP contribution >= 0.6 is 0 Å². The Morgan fingerprint density at radius 3 is 2.00 bits per heavy atom. The Hall–Kier alpha value is -2.18. The summed E-state index contributed by atoms with van der Waals surface area (Å²) in [6.45, 7) is 0. The number of hydrogen-bond acceptors (Lipinski definition) is 4. The number of alkyl halides is 3. The predicted molar refractivity (Wildman–Crippen MR) is 47.9 cm³/mol. The van der Waals surface area contributed by atoms with Gasteiger partial charge in [-0.05, 0) is 0 Å². The van der Waals surface area contributed by atoms with Gasteiger partial charge in [0.15, 0.2) is 0 Å². The third kappa shape index (κ3) is 3.40. The summed E-state index contributed by atoms with van der Waals surface area (Å²) in [5, 5.41) is 0. The molecule has 1 aromatic rings. The highest BCUT2D eigenvalue weighted by Gasteiger charge is 2.43. The zero-order valence-corrected chi connectivity index (χ0v) is 8.15. The normalized spacial score (nSPS) is 10.8. The largest absolute Gasteiger partial charge is 0.491 e. The van der Waals surface area contributed by atoms with Gasteiger partial charge in [0.2, 0.25) is 0 Å². The Kier molecular flexibility index (Phi) is 3.62. The van der Waals surface area contributed by atoms with E-state index in [2.05, 4.69) is 4.74 Å². The van der Waals surface area contributed by atoms with Crippen molar-refractivity contribution in [3.8, 4) is 0 Å². The van der Waals surface area contributed by atoms with Gasteiger partial charge in [-0.15, -0.1) is 0 Å². The fraction of sp³-hybridized carbons (Fsp3) is 0.100. The summed E-state index contributed by atoms with van der Waals surface area (Å²) in [5.74, 6) is -5.89. The molecule has 4 nitrogen and oxygen atoms in total. The summed E-state index contributed by atoms with van der Waals surface area (Å²) in [7, 11) is 0. The van der Waals surface area contributed by atoms with Crippen molar-refractivity contribution in [3.05, 3.63) is 35.9 Å². The van der Waals surface area contributed by atoms with Crippen molar-refractivity contribution in [1.29, 1.82) is 0 Å². The molecule has 0 aromatic heterocycles. The van der Waals surface area contributed by atoms with Crippen LogP contribution < -0.4 is 0 Å². The molecule has 0 atom stereocenters. The Morgan fingerprint density at radius 1 is 1.00 bits per heavy atom. The Balaban J connectivity index is 2.73. The van der Waals surface area contributed by atoms with Gasteiger partial charge >= 0.3 is 18.1 Å². The number of esters is 2. The van der Waals surface area contributed by atoms with Crippen LogP contribution in [-0.2, 0) is 14.3 Å². The molecule has 0 heterocycles. The second kappa shape index (κ2) is 4.77. The van der Waals surface area contributed by atoms with Gasteiger partial charge in [0, 0.05) is 5.56 Å². The van der Waals surface area contributed by atoms with Crippen LogP contribution in [0, 0.1) is 0 Å². The van der Waals surface area contributed by atoms with Crippen molar-refractivity contribution in [2.75, 3.05) is 0 Å². The van der Waals surface area contributed by atoms with Crippen LogP contribution in [0.1, 0.15) is 10.4 Å². The van der Waals surface area contributed by atoms with E-state index in [1.54, 1.807) is 6.07 Å². The maximum Gasteiger partial charge on any atom is 0.491 e. The summed E-state index contributed by atoms with van der Waals surface area (Å²) < 4.78 is 38.6. The molecule has 0 N–H and O–H groups in total. The second-order valence-electron chi connectivity index (χ2n) is 2.87. The van der Waals surface area contributed by atoms with Crippen molar-refractivity contribution < 1.29 is 32.3 Å². The van der Waals surface area contributed by atoms with Crippen molar-refractivity contribution in [1.82, 2.24) is 0 Å². The average Bonchev–Trinajstić information content (AvgIpc) is 2.27. The van der Waals surface area contributed by atoms with Crippen molar-refractivity contribution in [3.63, 3.8) is 0 Å². The van der Waals surface area contributed by atoms with E-state index >= 15 is 0 Å². The van der Waals surface area contributed by atoms with Gasteiger partial charge in [-0.1, -0.05) is 30.3 Å². The lowest BCUT2D eigenvalue weighted by atomic mass is 10.1. The van der Waals surface area contributed by atoms with Crippen molar-refractivity contribution >= 4 is 17.7 Å². The topological polar surface area (TPSA) is 60.4 Å². The van der Waals surface area contributed by atoms with Crippen LogP contribution in [0.5, 0.6) is 0 Å². The molecule has 0 amide bonds. The average molecular weight is 246 g/mol. The summed E-state index contributed by atoms with van der Waals surface area (Å²) in [4.78, 5) is 32.4. The third-order valence-corrected chi connectivity index (χ3v) is 1.64. The molecule has 17 heavy (non-hydrogen) atoms. The first-order valence-electron chi connectivity index (χ1n) is 4.25. The van der Waals surface area contributed by atoms with Crippen LogP contribution in [0.25, 0.3) is 0 Å². The highest BCUT2D eigenvalue weighted by molar-refractivity contribution is 6.41. The van der Waals surface area contributed by atoms with E-state index in [1.165, 1.54) is 24.3 Å². The highest BCUT2D eigenvalue weighted by Crippen LogP contribution is 2.16. The molecule has 0 unspecified atom stereocenters. The molecule has 7 heteroatoms. The molecule has 0 saturated carbocycles. The smallest absolute Gasteiger partial charge is 0.380 e. The minimum Gasteiger partial charge on any atom is -0.380 e. The number of rotatable bonds is 2. The summed E-state index contributed by atoms with van der Waals surface area (Å²) in [6.07, 6.45) is -5.31. The molecular weight excluding hydrogens is 241 g/mol. The quantitative estimate of drug-likeness (QED) is 0.343. The SMILES string of the molecule is O=C(OC(=O)C(F)(F)F)C(=O)c1ccccc1. The van der Waals surface area contributed by atoms with E-state index in [4.69, 9.17) is 0 Å². The van der Waals surface area contributed by atoms with Crippen LogP contribution in [0.4, 0.5) is 13.2 Å². The molecule has 0 spiro atoms. The van der Waals surface area contributed by atoms with E-state index in [1.807, 2.05) is 0 Å². The molecule has 1 rings (SSSR count). The molecule has 0 saturated heterocycles. The van der Waals surface area contributed by atoms with Gasteiger partial charge in [0.05, 0.1) is 0 Å². The maximum atomic E-state index is 11.7. The zero-order valence-electron chi connectivity index (χ0n) is 8.15. The summed E-state index contributed by atoms with van der Waals surface area (Å²) in [5.41, 5.74) is -0.160. The standard InChI is InChI=1S/C10H5F3O4/c11-10(12,13)9(16)17-8(15)7(14)6-4-2-1-3-5-6/h1-5H. The Labute approximate surface area is 93.0 Å². The first kappa shape index (κ1) is 12.9. The van der Waals surface area contributed by atoms with E-state index in [0.29, 0.717) is 0 Å². The summed E-state index contributed by atoms with van der Waals surface area (Å²) in [6, 6.07) is 6.78. The molecular formula is C10H5F3O4. The Morgan fingerprint density at radius 2 is 1.53 bits per heavy atom. The second-order valence-corrected chi connectivity index (χ2v) is 2.87. The Bertz CT molecular complexity index is 450. The van der Waals surface area contributed by atoms with E-state index in [9.17, 15) is 27.6 Å². The van der Waals surface area contributed by atoms with Gasteiger partial charge in [0.1, 0.15) is 0 Å². The lowest BCUT2D eigenvalue weighted by Crippen LogP contribution is -2.31. The van der Waals surface area contributed by atoms with Gasteiger partial charge in [-0.2, -0.15) is 13.2 Å². The molecule has 1 aromatic carbocycles. The molecule has 0 bridgehead atoms. The number of carbonyl (C=O) groups is 3. The minimum absolute atomic E-state index is 0.160. The highest BCUT2D eigenvalue weighted by atomic mass is 19.4. The first-order chi connectivity index (χ1) is 7.82. The predicted octanol–water partition coefficient (Wildman–Crippen LogP) is 1.50. The van der Waals surface area contributed by atoms with Crippen molar-refractivity contribution in [2.45, 2.75) is 6.18 Å². The van der Waals surface area contributed by atoms with Crippen LogP contribution in [0.15, 0.2) is 30.3 Å². The molecule has 0 aliphatic carbocycles. The van der Waals surface area contributed by atoms with Gasteiger partial charge in [-0.3, -0.25) is 4.79 Å². The fourth-order valence-corrected chi connectivity index (χ4v) is 0.896. The van der Waals surface area contributed by atoms with Gasteiger partial charge in [-0.25, -0.2) is 9.59 Å². The third-order valence-electron chi connectivity index (χ3n) is 1.64. The molecule has 0 radical (unpaired) electrons. The monoisotopic (exact) mass is 246 g/mol. The first-order valence-corrected chi connectivity index (χ1v) is 4.25. The number of halogens is 3. The minimum atomic E-state index is -5.31. The lowest BCUT2D eigenvalue weighted by molar-refractivity contribution is -0.200. The fourth-order valence-electron chi connectivity index (χ4n) is 0.896. The van der Waals surface area contributed by atoms with Crippen LogP contribution in [0.3, 0.4) is 0 Å². The number of ketones is 1. The van der Waals surface area contributed by atoms with E-state index in [-0.39, 0.29) is 5.56 Å². The van der Waals surface area contributed by atoms with Crippen LogP contribution in [0.2, 0.25) is 0 Å². The molecule has 0 aliphatic rings. The molecule has 0 aliphatic heterocycles. The number of ether oxygens (including phenoxy) is 1. The summed E-state index contributed by atoms with van der Waals surface area (Å²) >= 11 is 0. The number of carbonyl (C=O) groups excluding carboxylic acids is 3. The van der Waals surface area contributed by atoms with Crippen molar-refractivity contribution in [2.24, 2.45) is 0 Å². The van der Waals surface area contributed by atoms with Crippen LogP contribution in [-0.4, -0.2) is 23.9 Å². The number of Topliss-reactive ketones (excluding diaryl/α,β-unsaturated/α-hetero) is 1. The lowest BCUT2D eigenvalue weighted by Gasteiger charge is -2.04. The maximum absolute atomic E-state index is 11.7. The number of benzene rings is 1. The molecule has 0 fully saturated rings. The number of hydrogen-bond donors (Lipinski definition) is 0. The van der Waals surface area contributed by atoms with E-state index < -0.39 is 23.9 Å².